The lowest BCUT2D eigenvalue weighted by atomic mass is 10.1. The molecule has 0 spiro atoms. The Balaban J connectivity index is 2.50. The molecular weight excluding hydrogens is 112 g/mol. The van der Waals surface area contributed by atoms with Gasteiger partial charge in [0.2, 0.25) is 0 Å². The molecule has 0 saturated heterocycles. The highest BCUT2D eigenvalue weighted by Crippen LogP contribution is 2.07. The molecule has 2 nitrogen and oxygen atoms in total. The van der Waals surface area contributed by atoms with Crippen LogP contribution in [0, 0.1) is 0 Å². The van der Waals surface area contributed by atoms with Gasteiger partial charge in [-0.25, -0.2) is 0 Å². The van der Waals surface area contributed by atoms with Gasteiger partial charge in [-0.05, 0) is 18.9 Å². The van der Waals surface area contributed by atoms with Crippen molar-refractivity contribution in [3.8, 4) is 0 Å². The molecule has 0 aromatic heterocycles. The van der Waals surface area contributed by atoms with Crippen molar-refractivity contribution < 1.29 is 0 Å². The minimum atomic E-state index is 1.06. The topological polar surface area (TPSA) is 26.5 Å². The average molecular weight is 123 g/mol. The van der Waals surface area contributed by atoms with E-state index in [2.05, 4.69) is 17.5 Å². The monoisotopic (exact) mass is 123 g/mol. The van der Waals surface area contributed by atoms with E-state index in [9.17, 15) is 0 Å². The average Bonchev–Trinajstić information content (AvgIpc) is 2.18. The second-order valence-corrected chi connectivity index (χ2v) is 2.22. The lowest BCUT2D eigenvalue weighted by Gasteiger charge is -1.94. The van der Waals surface area contributed by atoms with Crippen LogP contribution in [0.2, 0.25) is 0 Å². The number of nitrogens with zero attached hydrogens (tertiary/aromatic N) is 2. The molecule has 1 rings (SSSR count). The fourth-order valence-electron chi connectivity index (χ4n) is 0.823. The van der Waals surface area contributed by atoms with E-state index in [1.807, 2.05) is 13.1 Å². The summed E-state index contributed by atoms with van der Waals surface area (Å²) >= 11 is 0. The Hall–Kier alpha value is -0.790. The normalized spacial score (nSPS) is 16.7. The first-order valence-electron chi connectivity index (χ1n) is 3.28. The Morgan fingerprint density at radius 1 is 1.56 bits per heavy atom. The largest absolute Gasteiger partial charge is 0.159 e. The SMILES string of the molecule is CCCC1=N[N]C=C1C. The van der Waals surface area contributed by atoms with E-state index in [4.69, 9.17) is 0 Å². The second-order valence-electron chi connectivity index (χ2n) is 2.22. The van der Waals surface area contributed by atoms with Crippen LogP contribution < -0.4 is 5.43 Å². The van der Waals surface area contributed by atoms with Gasteiger partial charge in [0.25, 0.3) is 0 Å². The van der Waals surface area contributed by atoms with Gasteiger partial charge in [0.05, 0.1) is 11.9 Å². The van der Waals surface area contributed by atoms with E-state index in [0.717, 1.165) is 18.6 Å². The van der Waals surface area contributed by atoms with Crippen molar-refractivity contribution in [3.63, 3.8) is 0 Å². The summed E-state index contributed by atoms with van der Waals surface area (Å²) in [5.74, 6) is 0. The molecule has 2 heteroatoms. The minimum Gasteiger partial charge on any atom is -0.159 e. The van der Waals surface area contributed by atoms with E-state index in [0.29, 0.717) is 0 Å². The molecule has 1 aliphatic rings. The van der Waals surface area contributed by atoms with Crippen molar-refractivity contribution in [2.75, 3.05) is 0 Å². The lowest BCUT2D eigenvalue weighted by Crippen LogP contribution is -1.94. The summed E-state index contributed by atoms with van der Waals surface area (Å²) in [5, 5.41) is 3.96. The highest BCUT2D eigenvalue weighted by molar-refractivity contribution is 6.00. The molecule has 1 heterocycles. The fraction of sp³-hybridized carbons (Fsp3) is 0.571. The number of hydrogen-bond acceptors (Lipinski definition) is 1. The summed E-state index contributed by atoms with van der Waals surface area (Å²) in [6.07, 6.45) is 4.02. The van der Waals surface area contributed by atoms with Gasteiger partial charge >= 0.3 is 0 Å². The summed E-state index contributed by atoms with van der Waals surface area (Å²) in [7, 11) is 0. The van der Waals surface area contributed by atoms with Gasteiger partial charge in [0, 0.05) is 0 Å². The lowest BCUT2D eigenvalue weighted by molar-refractivity contribution is 0.939. The molecule has 0 N–H and O–H groups in total. The molecule has 49 valence electrons. The van der Waals surface area contributed by atoms with E-state index < -0.39 is 0 Å². The molecule has 0 fully saturated rings. The number of hydrogen-bond donors (Lipinski definition) is 0. The maximum atomic E-state index is 3.96. The van der Waals surface area contributed by atoms with Crippen LogP contribution in [0.1, 0.15) is 26.7 Å². The zero-order valence-electron chi connectivity index (χ0n) is 5.89. The third-order valence-corrected chi connectivity index (χ3v) is 1.37. The fourth-order valence-corrected chi connectivity index (χ4v) is 0.823. The first-order chi connectivity index (χ1) is 4.34. The summed E-state index contributed by atoms with van der Waals surface area (Å²) in [6.45, 7) is 4.19. The summed E-state index contributed by atoms with van der Waals surface area (Å²) in [5.41, 5.74) is 6.16. The van der Waals surface area contributed by atoms with Crippen LogP contribution in [-0.2, 0) is 0 Å². The highest BCUT2D eigenvalue weighted by Gasteiger charge is 2.05. The molecule has 0 aromatic carbocycles. The summed E-state index contributed by atoms with van der Waals surface area (Å²) in [4.78, 5) is 0. The quantitative estimate of drug-likeness (QED) is 0.534. The molecule has 1 radical (unpaired) electrons. The molecule has 0 aromatic rings. The van der Waals surface area contributed by atoms with Crippen LogP contribution in [0.15, 0.2) is 16.9 Å². The molecular formula is C7H11N2. The highest BCUT2D eigenvalue weighted by atomic mass is 15.3. The van der Waals surface area contributed by atoms with Crippen molar-refractivity contribution in [2.45, 2.75) is 26.7 Å². The molecule has 0 atom stereocenters. The van der Waals surface area contributed by atoms with Crippen LogP contribution in [0.4, 0.5) is 0 Å². The van der Waals surface area contributed by atoms with Crippen molar-refractivity contribution >= 4 is 5.71 Å². The van der Waals surface area contributed by atoms with Crippen LogP contribution in [0.3, 0.4) is 0 Å². The number of rotatable bonds is 2. The molecule has 0 amide bonds. The molecule has 1 aliphatic heterocycles. The Morgan fingerprint density at radius 2 is 2.33 bits per heavy atom. The first-order valence-corrected chi connectivity index (χ1v) is 3.28. The summed E-state index contributed by atoms with van der Waals surface area (Å²) in [6, 6.07) is 0. The van der Waals surface area contributed by atoms with Gasteiger partial charge in [0.1, 0.15) is 0 Å². The maximum Gasteiger partial charge on any atom is 0.0675 e. The zero-order chi connectivity index (χ0) is 6.69. The number of allylic oxidation sites excluding steroid dienone is 1. The molecule has 9 heavy (non-hydrogen) atoms. The van der Waals surface area contributed by atoms with Crippen molar-refractivity contribution in [3.05, 3.63) is 11.8 Å². The van der Waals surface area contributed by atoms with Crippen LogP contribution in [0.25, 0.3) is 0 Å². The van der Waals surface area contributed by atoms with Gasteiger partial charge in [-0.15, -0.1) is 0 Å². The summed E-state index contributed by atoms with van der Waals surface area (Å²) < 4.78 is 0. The van der Waals surface area contributed by atoms with E-state index in [1.54, 1.807) is 0 Å². The predicted molar refractivity (Wildman–Crippen MR) is 38.2 cm³/mol. The molecule has 0 bridgehead atoms. The molecule has 0 aliphatic carbocycles. The Labute approximate surface area is 55.6 Å². The smallest absolute Gasteiger partial charge is 0.0675 e. The van der Waals surface area contributed by atoms with Crippen LogP contribution in [0.5, 0.6) is 0 Å². The Morgan fingerprint density at radius 3 is 2.78 bits per heavy atom. The Kier molecular flexibility index (Phi) is 1.88. The van der Waals surface area contributed by atoms with Crippen molar-refractivity contribution in [1.82, 2.24) is 5.43 Å². The van der Waals surface area contributed by atoms with Gasteiger partial charge in [-0.2, -0.15) is 10.5 Å². The maximum absolute atomic E-state index is 3.96. The van der Waals surface area contributed by atoms with Crippen LogP contribution >= 0.6 is 0 Å². The van der Waals surface area contributed by atoms with Crippen LogP contribution in [-0.4, -0.2) is 5.71 Å². The molecule has 0 saturated carbocycles. The first kappa shape index (κ1) is 6.33. The minimum absolute atomic E-state index is 1.06. The van der Waals surface area contributed by atoms with Gasteiger partial charge in [-0.1, -0.05) is 13.3 Å². The van der Waals surface area contributed by atoms with E-state index in [-0.39, 0.29) is 0 Å². The third kappa shape index (κ3) is 1.31. The van der Waals surface area contributed by atoms with Gasteiger partial charge in [-0.3, -0.25) is 0 Å². The standard InChI is InChI=1S/C7H11N2/c1-3-4-7-6(2)5-8-9-7/h5H,3-4H2,1-2H3. The van der Waals surface area contributed by atoms with E-state index in [1.165, 1.54) is 5.57 Å². The van der Waals surface area contributed by atoms with E-state index >= 15 is 0 Å². The predicted octanol–water partition coefficient (Wildman–Crippen LogP) is 1.66. The van der Waals surface area contributed by atoms with Crippen molar-refractivity contribution in [2.24, 2.45) is 5.10 Å². The molecule has 0 unspecified atom stereocenters. The van der Waals surface area contributed by atoms with Gasteiger partial charge in [0.15, 0.2) is 0 Å². The van der Waals surface area contributed by atoms with Crippen molar-refractivity contribution in [1.29, 1.82) is 0 Å². The van der Waals surface area contributed by atoms with Gasteiger partial charge < -0.3 is 0 Å². The second kappa shape index (κ2) is 2.67. The Bertz CT molecular complexity index is 156. The zero-order valence-corrected chi connectivity index (χ0v) is 5.89. The third-order valence-electron chi connectivity index (χ3n) is 1.37.